The highest BCUT2D eigenvalue weighted by Gasteiger charge is 2.35. The Balaban J connectivity index is 1.39. The number of carbonyl (C=O) groups is 1. The van der Waals surface area contributed by atoms with E-state index in [1.54, 1.807) is 12.1 Å². The number of hydrogen-bond acceptors (Lipinski definition) is 4. The number of aliphatic hydroxyl groups is 1. The molecule has 168 valence electrons. The number of ether oxygens (including phenoxy) is 1. The van der Waals surface area contributed by atoms with Gasteiger partial charge in [0.15, 0.2) is 0 Å². The van der Waals surface area contributed by atoms with Gasteiger partial charge in [0.2, 0.25) is 5.91 Å². The molecular formula is C26H24ClN3O3. The van der Waals surface area contributed by atoms with E-state index in [4.69, 9.17) is 21.3 Å². The minimum Gasteiger partial charge on any atom is -0.489 e. The second-order valence-electron chi connectivity index (χ2n) is 8.21. The average molecular weight is 462 g/mol. The van der Waals surface area contributed by atoms with Gasteiger partial charge < -0.3 is 19.3 Å². The molecule has 0 aliphatic carbocycles. The number of benzene rings is 3. The number of anilines is 1. The molecule has 0 saturated carbocycles. The minimum atomic E-state index is -0.778. The number of amides is 1. The normalized spacial score (nSPS) is 17.0. The molecule has 1 amide bonds. The van der Waals surface area contributed by atoms with Gasteiger partial charge in [-0.2, -0.15) is 0 Å². The van der Waals surface area contributed by atoms with Crippen molar-refractivity contribution in [3.63, 3.8) is 0 Å². The lowest BCUT2D eigenvalue weighted by Gasteiger charge is -2.19. The first-order chi connectivity index (χ1) is 16.1. The smallest absolute Gasteiger partial charge is 0.227 e. The molecule has 0 unspecified atom stereocenters. The van der Waals surface area contributed by atoms with Crippen molar-refractivity contribution in [3.8, 4) is 5.75 Å². The summed E-state index contributed by atoms with van der Waals surface area (Å²) in [5.74, 6) is 1.35. The first-order valence-electron chi connectivity index (χ1n) is 11.0. The Kier molecular flexibility index (Phi) is 6.03. The topological polar surface area (TPSA) is 67.6 Å². The second-order valence-corrected chi connectivity index (χ2v) is 8.61. The molecule has 0 radical (unpaired) electrons. The maximum Gasteiger partial charge on any atom is 0.227 e. The van der Waals surface area contributed by atoms with E-state index in [-0.39, 0.29) is 18.4 Å². The van der Waals surface area contributed by atoms with Crippen molar-refractivity contribution in [2.75, 3.05) is 18.1 Å². The van der Waals surface area contributed by atoms with Crippen LogP contribution in [0.2, 0.25) is 5.02 Å². The molecule has 1 N–H and O–H groups in total. The zero-order valence-corrected chi connectivity index (χ0v) is 18.7. The number of nitrogens with zero attached hydrogens (tertiary/aromatic N) is 3. The van der Waals surface area contributed by atoms with Crippen molar-refractivity contribution in [2.45, 2.75) is 25.0 Å². The summed E-state index contributed by atoms with van der Waals surface area (Å²) in [7, 11) is 0. The maximum atomic E-state index is 12.8. The SMILES string of the molecule is O=C1C[C@H](c2nc3ccccc3n2C[C@H](O)COc2ccccc2Cl)CN1c1ccccc1. The van der Waals surface area contributed by atoms with Gasteiger partial charge in [0.25, 0.3) is 0 Å². The van der Waals surface area contributed by atoms with Crippen LogP contribution in [-0.4, -0.2) is 39.8 Å². The third-order valence-corrected chi connectivity index (χ3v) is 6.22. The molecule has 1 fully saturated rings. The molecule has 33 heavy (non-hydrogen) atoms. The van der Waals surface area contributed by atoms with E-state index in [2.05, 4.69) is 0 Å². The van der Waals surface area contributed by atoms with Gasteiger partial charge >= 0.3 is 0 Å². The van der Waals surface area contributed by atoms with E-state index in [9.17, 15) is 9.90 Å². The Bertz CT molecular complexity index is 1270. The molecule has 1 aromatic heterocycles. The number of aliphatic hydroxyl groups excluding tert-OH is 1. The van der Waals surface area contributed by atoms with Crippen LogP contribution in [0.25, 0.3) is 11.0 Å². The van der Waals surface area contributed by atoms with Crippen LogP contribution in [-0.2, 0) is 11.3 Å². The van der Waals surface area contributed by atoms with Gasteiger partial charge in [-0.15, -0.1) is 0 Å². The molecule has 4 aromatic rings. The Labute approximate surface area is 197 Å². The summed E-state index contributed by atoms with van der Waals surface area (Å²) in [6, 6.07) is 24.7. The van der Waals surface area contributed by atoms with Crippen LogP contribution >= 0.6 is 11.6 Å². The summed E-state index contributed by atoms with van der Waals surface area (Å²) in [6.07, 6.45) is -0.398. The Morgan fingerprint density at radius 2 is 1.76 bits per heavy atom. The Morgan fingerprint density at radius 3 is 2.58 bits per heavy atom. The fourth-order valence-electron chi connectivity index (χ4n) is 4.35. The zero-order valence-electron chi connectivity index (χ0n) is 18.0. The van der Waals surface area contributed by atoms with Gasteiger partial charge in [-0.05, 0) is 36.4 Å². The van der Waals surface area contributed by atoms with Crippen LogP contribution in [0.1, 0.15) is 18.2 Å². The lowest BCUT2D eigenvalue weighted by Crippen LogP contribution is -2.26. The second kappa shape index (κ2) is 9.25. The van der Waals surface area contributed by atoms with E-state index >= 15 is 0 Å². The molecule has 6 nitrogen and oxygen atoms in total. The predicted octanol–water partition coefficient (Wildman–Crippen LogP) is 4.65. The molecule has 2 heterocycles. The standard InChI is InChI=1S/C26H24ClN3O3/c27-21-10-4-7-13-24(21)33-17-20(31)16-30-23-12-6-5-11-22(23)28-26(30)18-14-25(32)29(15-18)19-8-2-1-3-9-19/h1-13,18,20,31H,14-17H2/t18-,20-/m0/s1. The summed E-state index contributed by atoms with van der Waals surface area (Å²) in [6.45, 7) is 0.949. The first kappa shape index (κ1) is 21.5. The maximum absolute atomic E-state index is 12.8. The molecule has 7 heteroatoms. The monoisotopic (exact) mass is 461 g/mol. The predicted molar refractivity (Wildman–Crippen MR) is 129 cm³/mol. The van der Waals surface area contributed by atoms with Crippen molar-refractivity contribution in [2.24, 2.45) is 0 Å². The lowest BCUT2D eigenvalue weighted by atomic mass is 10.1. The van der Waals surface area contributed by atoms with Crippen molar-refractivity contribution in [1.82, 2.24) is 9.55 Å². The number of aromatic nitrogens is 2. The van der Waals surface area contributed by atoms with Gasteiger partial charge in [-0.25, -0.2) is 4.98 Å². The van der Waals surface area contributed by atoms with Gasteiger partial charge in [0, 0.05) is 24.6 Å². The molecule has 1 saturated heterocycles. The highest BCUT2D eigenvalue weighted by atomic mass is 35.5. The van der Waals surface area contributed by atoms with E-state index < -0.39 is 6.10 Å². The van der Waals surface area contributed by atoms with E-state index in [0.717, 1.165) is 22.5 Å². The molecule has 1 aliphatic heterocycles. The van der Waals surface area contributed by atoms with Gasteiger partial charge in [0.1, 0.15) is 24.3 Å². The number of hydrogen-bond donors (Lipinski definition) is 1. The number of rotatable bonds is 7. The Morgan fingerprint density at radius 1 is 1.03 bits per heavy atom. The van der Waals surface area contributed by atoms with Crippen LogP contribution in [0.3, 0.4) is 0 Å². The molecule has 5 rings (SSSR count). The molecule has 2 atom stereocenters. The third-order valence-electron chi connectivity index (χ3n) is 5.90. The summed E-state index contributed by atoms with van der Waals surface area (Å²) in [5, 5.41) is 11.3. The number of fused-ring (bicyclic) bond motifs is 1. The zero-order chi connectivity index (χ0) is 22.8. The Hall–Kier alpha value is -3.35. The van der Waals surface area contributed by atoms with E-state index in [1.807, 2.05) is 76.2 Å². The summed E-state index contributed by atoms with van der Waals surface area (Å²) in [5.41, 5.74) is 2.66. The van der Waals surface area contributed by atoms with Crippen LogP contribution in [0.5, 0.6) is 5.75 Å². The number of carbonyl (C=O) groups excluding carboxylic acids is 1. The van der Waals surface area contributed by atoms with Crippen LogP contribution in [0.15, 0.2) is 78.9 Å². The molecule has 0 spiro atoms. The molecular weight excluding hydrogens is 438 g/mol. The fraction of sp³-hybridized carbons (Fsp3) is 0.231. The fourth-order valence-corrected chi connectivity index (χ4v) is 4.54. The third kappa shape index (κ3) is 4.45. The van der Waals surface area contributed by atoms with Crippen molar-refractivity contribution in [3.05, 3.63) is 89.7 Å². The van der Waals surface area contributed by atoms with Gasteiger partial charge in [-0.1, -0.05) is 54.1 Å². The van der Waals surface area contributed by atoms with Gasteiger partial charge in [-0.3, -0.25) is 4.79 Å². The van der Waals surface area contributed by atoms with Crippen molar-refractivity contribution >= 4 is 34.2 Å². The lowest BCUT2D eigenvalue weighted by molar-refractivity contribution is -0.117. The summed E-state index contributed by atoms with van der Waals surface area (Å²) >= 11 is 6.16. The number of imidazole rings is 1. The molecule has 3 aromatic carbocycles. The highest BCUT2D eigenvalue weighted by Crippen LogP contribution is 2.33. The van der Waals surface area contributed by atoms with Crippen molar-refractivity contribution in [1.29, 1.82) is 0 Å². The van der Waals surface area contributed by atoms with E-state index in [0.29, 0.717) is 30.3 Å². The van der Waals surface area contributed by atoms with Gasteiger partial charge in [0.05, 0.1) is 22.6 Å². The van der Waals surface area contributed by atoms with Crippen molar-refractivity contribution < 1.29 is 14.6 Å². The largest absolute Gasteiger partial charge is 0.489 e. The quantitative estimate of drug-likeness (QED) is 0.435. The van der Waals surface area contributed by atoms with Crippen LogP contribution in [0, 0.1) is 0 Å². The molecule has 0 bridgehead atoms. The number of halogens is 1. The minimum absolute atomic E-state index is 0.0678. The average Bonchev–Trinajstić information content (AvgIpc) is 3.40. The van der Waals surface area contributed by atoms with Crippen LogP contribution < -0.4 is 9.64 Å². The van der Waals surface area contributed by atoms with E-state index in [1.165, 1.54) is 0 Å². The highest BCUT2D eigenvalue weighted by molar-refractivity contribution is 6.32. The summed E-state index contributed by atoms with van der Waals surface area (Å²) < 4.78 is 7.75. The van der Waals surface area contributed by atoms with Crippen LogP contribution in [0.4, 0.5) is 5.69 Å². The summed E-state index contributed by atoms with van der Waals surface area (Å²) in [4.78, 5) is 19.5. The number of para-hydroxylation sites is 4. The first-order valence-corrected chi connectivity index (χ1v) is 11.3. The molecule has 1 aliphatic rings.